The predicted octanol–water partition coefficient (Wildman–Crippen LogP) is 2.82. The lowest BCUT2D eigenvalue weighted by Gasteiger charge is -1.97. The summed E-state index contributed by atoms with van der Waals surface area (Å²) in [6, 6.07) is 7.70. The number of fused-ring (bicyclic) bond motifs is 1. The van der Waals surface area contributed by atoms with Crippen LogP contribution >= 0.6 is 11.3 Å². The van der Waals surface area contributed by atoms with Crippen molar-refractivity contribution in [3.63, 3.8) is 0 Å². The van der Waals surface area contributed by atoms with Gasteiger partial charge >= 0.3 is 0 Å². The molecule has 4 rings (SSSR count). The second-order valence-electron chi connectivity index (χ2n) is 4.29. The molecule has 4 aromatic heterocycles. The van der Waals surface area contributed by atoms with Crippen molar-refractivity contribution in [2.45, 2.75) is 6.92 Å². The third kappa shape index (κ3) is 1.71. The molecule has 4 aromatic rings. The Morgan fingerprint density at radius 3 is 3.00 bits per heavy atom. The summed E-state index contributed by atoms with van der Waals surface area (Å²) >= 11 is 1.57. The zero-order chi connectivity index (χ0) is 13.5. The van der Waals surface area contributed by atoms with Crippen molar-refractivity contribution in [3.05, 3.63) is 41.7 Å². The highest BCUT2D eigenvalue weighted by Crippen LogP contribution is 2.25. The van der Waals surface area contributed by atoms with Crippen molar-refractivity contribution in [1.82, 2.24) is 24.7 Å². The van der Waals surface area contributed by atoms with Crippen molar-refractivity contribution < 1.29 is 4.52 Å². The quantitative estimate of drug-likeness (QED) is 0.566. The molecule has 0 atom stereocenters. The van der Waals surface area contributed by atoms with Gasteiger partial charge in [0.25, 0.3) is 5.89 Å². The van der Waals surface area contributed by atoms with E-state index in [1.165, 1.54) is 0 Å². The zero-order valence-electron chi connectivity index (χ0n) is 10.5. The highest BCUT2D eigenvalue weighted by molar-refractivity contribution is 7.13. The predicted molar refractivity (Wildman–Crippen MR) is 74.3 cm³/mol. The van der Waals surface area contributed by atoms with Gasteiger partial charge in [-0.05, 0) is 30.5 Å². The van der Waals surface area contributed by atoms with Gasteiger partial charge in [-0.2, -0.15) is 4.98 Å². The number of hydrogen-bond acceptors (Lipinski definition) is 6. The van der Waals surface area contributed by atoms with E-state index in [1.807, 2.05) is 47.2 Å². The van der Waals surface area contributed by atoms with Crippen LogP contribution in [0.15, 0.2) is 40.4 Å². The molecule has 0 aromatic carbocycles. The lowest BCUT2D eigenvalue weighted by Crippen LogP contribution is -1.90. The van der Waals surface area contributed by atoms with Crippen molar-refractivity contribution in [1.29, 1.82) is 0 Å². The average molecular weight is 283 g/mol. The third-order valence-electron chi connectivity index (χ3n) is 2.99. The first-order valence-electron chi connectivity index (χ1n) is 6.00. The maximum atomic E-state index is 5.30. The number of nitrogens with zero attached hydrogens (tertiary/aromatic N) is 5. The Morgan fingerprint density at radius 1 is 1.20 bits per heavy atom. The average Bonchev–Trinajstić information content (AvgIpc) is 3.18. The molecule has 0 aliphatic rings. The normalized spacial score (nSPS) is 11.2. The molecular weight excluding hydrogens is 274 g/mol. The van der Waals surface area contributed by atoms with Crippen LogP contribution in [0.1, 0.15) is 5.82 Å². The molecule has 0 amide bonds. The highest BCUT2D eigenvalue weighted by Gasteiger charge is 2.12. The molecule has 0 spiro atoms. The largest absolute Gasteiger partial charge is 0.333 e. The molecule has 7 heteroatoms. The van der Waals surface area contributed by atoms with E-state index >= 15 is 0 Å². The van der Waals surface area contributed by atoms with Crippen LogP contribution in [0.25, 0.3) is 27.8 Å². The number of pyridine rings is 1. The summed E-state index contributed by atoms with van der Waals surface area (Å²) in [4.78, 5) is 5.39. The summed E-state index contributed by atoms with van der Waals surface area (Å²) in [5.41, 5.74) is 1.67. The van der Waals surface area contributed by atoms with Gasteiger partial charge in [0.1, 0.15) is 5.82 Å². The minimum Gasteiger partial charge on any atom is -0.333 e. The summed E-state index contributed by atoms with van der Waals surface area (Å²) < 4.78 is 7.20. The number of thiophene rings is 1. The molecule has 0 N–H and O–H groups in total. The fourth-order valence-electron chi connectivity index (χ4n) is 1.98. The molecule has 4 heterocycles. The summed E-state index contributed by atoms with van der Waals surface area (Å²) in [7, 11) is 0. The van der Waals surface area contributed by atoms with Gasteiger partial charge in [0.15, 0.2) is 5.65 Å². The van der Waals surface area contributed by atoms with E-state index in [-0.39, 0.29) is 0 Å². The number of hydrogen-bond donors (Lipinski definition) is 0. The second kappa shape index (κ2) is 4.24. The van der Waals surface area contributed by atoms with Crippen molar-refractivity contribution in [2.75, 3.05) is 0 Å². The first-order chi connectivity index (χ1) is 9.81. The fourth-order valence-corrected chi connectivity index (χ4v) is 2.62. The van der Waals surface area contributed by atoms with Crippen LogP contribution in [0.4, 0.5) is 0 Å². The second-order valence-corrected chi connectivity index (χ2v) is 5.24. The molecule has 0 saturated carbocycles. The molecule has 0 unspecified atom stereocenters. The third-order valence-corrected chi connectivity index (χ3v) is 3.85. The van der Waals surface area contributed by atoms with Crippen molar-refractivity contribution in [3.8, 4) is 22.2 Å². The SMILES string of the molecule is Cc1nnc2ccc(-c3noc(-c4cccs4)n3)cn12. The van der Waals surface area contributed by atoms with Crippen LogP contribution < -0.4 is 0 Å². The van der Waals surface area contributed by atoms with Gasteiger partial charge in [-0.1, -0.05) is 11.2 Å². The van der Waals surface area contributed by atoms with Crippen molar-refractivity contribution in [2.24, 2.45) is 0 Å². The number of rotatable bonds is 2. The molecule has 98 valence electrons. The molecule has 20 heavy (non-hydrogen) atoms. The molecule has 0 saturated heterocycles. The minimum absolute atomic E-state index is 0.538. The Hall–Kier alpha value is -2.54. The zero-order valence-corrected chi connectivity index (χ0v) is 11.3. The molecule has 0 aliphatic carbocycles. The topological polar surface area (TPSA) is 69.1 Å². The lowest BCUT2D eigenvalue weighted by atomic mass is 10.2. The Morgan fingerprint density at radius 2 is 2.15 bits per heavy atom. The summed E-state index contributed by atoms with van der Waals surface area (Å²) in [5.74, 6) is 1.92. The van der Waals surface area contributed by atoms with E-state index in [0.29, 0.717) is 11.7 Å². The minimum atomic E-state index is 0.538. The first-order valence-corrected chi connectivity index (χ1v) is 6.88. The van der Waals surface area contributed by atoms with Crippen LogP contribution in [0, 0.1) is 6.92 Å². The van der Waals surface area contributed by atoms with Crippen LogP contribution in [0.5, 0.6) is 0 Å². The molecule has 0 bridgehead atoms. The summed E-state index contributed by atoms with van der Waals surface area (Å²) in [5, 5.41) is 14.1. The smallest absolute Gasteiger partial charge is 0.268 e. The van der Waals surface area contributed by atoms with Gasteiger partial charge in [-0.15, -0.1) is 21.5 Å². The van der Waals surface area contributed by atoms with Gasteiger partial charge in [0.2, 0.25) is 5.82 Å². The molecule has 6 nitrogen and oxygen atoms in total. The van der Waals surface area contributed by atoms with Crippen LogP contribution in [-0.4, -0.2) is 24.7 Å². The Balaban J connectivity index is 1.81. The maximum absolute atomic E-state index is 5.30. The Kier molecular flexibility index (Phi) is 2.40. The van der Waals surface area contributed by atoms with Crippen LogP contribution in [0.2, 0.25) is 0 Å². The van der Waals surface area contributed by atoms with Gasteiger partial charge in [0, 0.05) is 11.8 Å². The Labute approximate surface area is 117 Å². The van der Waals surface area contributed by atoms with Gasteiger partial charge in [-0.3, -0.25) is 4.40 Å². The maximum Gasteiger partial charge on any atom is 0.268 e. The molecule has 0 fully saturated rings. The van der Waals surface area contributed by atoms with Crippen LogP contribution in [0.3, 0.4) is 0 Å². The van der Waals surface area contributed by atoms with E-state index in [9.17, 15) is 0 Å². The van der Waals surface area contributed by atoms with Crippen molar-refractivity contribution >= 4 is 17.0 Å². The van der Waals surface area contributed by atoms with E-state index in [1.54, 1.807) is 11.3 Å². The molecule has 0 aliphatic heterocycles. The first kappa shape index (κ1) is 11.3. The summed E-state index contributed by atoms with van der Waals surface area (Å²) in [6.07, 6.45) is 1.91. The van der Waals surface area contributed by atoms with Gasteiger partial charge < -0.3 is 4.52 Å². The van der Waals surface area contributed by atoms with Gasteiger partial charge in [0.05, 0.1) is 4.88 Å². The van der Waals surface area contributed by atoms with Crippen LogP contribution in [-0.2, 0) is 0 Å². The van der Waals surface area contributed by atoms with E-state index in [0.717, 1.165) is 21.9 Å². The van der Waals surface area contributed by atoms with E-state index in [2.05, 4.69) is 20.3 Å². The van der Waals surface area contributed by atoms with E-state index in [4.69, 9.17) is 4.52 Å². The standard InChI is InChI=1S/C13H9N5OS/c1-8-15-16-11-5-4-9(7-18(8)11)12-14-13(19-17-12)10-3-2-6-20-10/h2-7H,1H3. The lowest BCUT2D eigenvalue weighted by molar-refractivity contribution is 0.433. The monoisotopic (exact) mass is 283 g/mol. The van der Waals surface area contributed by atoms with Gasteiger partial charge in [-0.25, -0.2) is 0 Å². The Bertz CT molecular complexity index is 877. The number of aryl methyl sites for hydroxylation is 1. The molecule has 0 radical (unpaired) electrons. The fraction of sp³-hybridized carbons (Fsp3) is 0.0769. The van der Waals surface area contributed by atoms with E-state index < -0.39 is 0 Å². The number of aromatic nitrogens is 5. The highest BCUT2D eigenvalue weighted by atomic mass is 32.1. The summed E-state index contributed by atoms with van der Waals surface area (Å²) in [6.45, 7) is 1.90. The molecular formula is C13H9N5OS.